The first kappa shape index (κ1) is 13.2. The number of aliphatic carboxylic acids is 2. The maximum absolute atomic E-state index is 9.55. The zero-order valence-electron chi connectivity index (χ0n) is 6.73. The van der Waals surface area contributed by atoms with Crippen molar-refractivity contribution in [2.45, 2.75) is 13.3 Å². The van der Waals surface area contributed by atoms with Crippen molar-refractivity contribution >= 4 is 11.9 Å². The Bertz CT molecular complexity index is 143. The minimum Gasteiger partial charge on any atom is -0.478 e. The lowest BCUT2D eigenvalue weighted by molar-refractivity contribution is -0.134. The van der Waals surface area contributed by atoms with Crippen molar-refractivity contribution in [2.75, 3.05) is 6.61 Å². The molecule has 0 aromatic rings. The van der Waals surface area contributed by atoms with Crippen LogP contribution in [-0.4, -0.2) is 33.9 Å². The van der Waals surface area contributed by atoms with Crippen LogP contribution in [0.5, 0.6) is 0 Å². The van der Waals surface area contributed by atoms with Gasteiger partial charge in [-0.15, -0.1) is 0 Å². The van der Waals surface area contributed by atoms with Gasteiger partial charge in [0.05, 0.1) is 0 Å². The van der Waals surface area contributed by atoms with E-state index in [1.807, 2.05) is 6.92 Å². The zero-order valence-corrected chi connectivity index (χ0v) is 6.73. The van der Waals surface area contributed by atoms with E-state index in [1.54, 1.807) is 0 Å². The Morgan fingerprint density at radius 2 is 1.42 bits per heavy atom. The molecular weight excluding hydrogens is 164 g/mol. The maximum Gasteiger partial charge on any atom is 0.328 e. The average Bonchev–Trinajstić information content (AvgIpc) is 2.01. The largest absolute Gasteiger partial charge is 0.478 e. The summed E-state index contributed by atoms with van der Waals surface area (Å²) in [7, 11) is 0. The molecule has 0 radical (unpaired) electrons. The maximum atomic E-state index is 9.55. The van der Waals surface area contributed by atoms with Gasteiger partial charge in [-0.2, -0.15) is 0 Å². The summed E-state index contributed by atoms with van der Waals surface area (Å²) in [6.45, 7) is 2.25. The van der Waals surface area contributed by atoms with Crippen molar-refractivity contribution in [1.29, 1.82) is 0 Å². The summed E-state index contributed by atoms with van der Waals surface area (Å²) >= 11 is 0. The first-order chi connectivity index (χ1) is 5.54. The van der Waals surface area contributed by atoms with Gasteiger partial charge in [0.15, 0.2) is 0 Å². The topological polar surface area (TPSA) is 94.8 Å². The molecule has 5 nitrogen and oxygen atoms in total. The molecule has 0 atom stereocenters. The van der Waals surface area contributed by atoms with E-state index in [1.165, 1.54) is 0 Å². The average molecular weight is 176 g/mol. The fraction of sp³-hybridized carbons (Fsp3) is 0.429. The van der Waals surface area contributed by atoms with Crippen LogP contribution in [0.4, 0.5) is 0 Å². The van der Waals surface area contributed by atoms with Crippen LogP contribution in [-0.2, 0) is 9.59 Å². The smallest absolute Gasteiger partial charge is 0.328 e. The third kappa shape index (κ3) is 23.4. The first-order valence-corrected chi connectivity index (χ1v) is 3.29. The zero-order chi connectivity index (χ0) is 9.98. The number of aliphatic hydroxyl groups excluding tert-OH is 1. The summed E-state index contributed by atoms with van der Waals surface area (Å²) in [5.41, 5.74) is 0. The van der Waals surface area contributed by atoms with Gasteiger partial charge < -0.3 is 15.3 Å². The molecule has 0 aliphatic rings. The third-order valence-corrected chi connectivity index (χ3v) is 0.592. The highest BCUT2D eigenvalue weighted by Gasteiger charge is 1.88. The van der Waals surface area contributed by atoms with Gasteiger partial charge in [0.25, 0.3) is 0 Å². The highest BCUT2D eigenvalue weighted by molar-refractivity contribution is 5.89. The molecule has 0 rings (SSSR count). The Kier molecular flexibility index (Phi) is 10.6. The van der Waals surface area contributed by atoms with Crippen LogP contribution in [0.1, 0.15) is 13.3 Å². The second kappa shape index (κ2) is 9.64. The second-order valence-electron chi connectivity index (χ2n) is 1.73. The molecule has 0 aliphatic carbocycles. The molecule has 70 valence electrons. The second-order valence-corrected chi connectivity index (χ2v) is 1.73. The van der Waals surface area contributed by atoms with Crippen LogP contribution in [0.3, 0.4) is 0 Å². The Morgan fingerprint density at radius 1 is 1.17 bits per heavy atom. The molecule has 0 unspecified atom stereocenters. The van der Waals surface area contributed by atoms with Crippen LogP contribution >= 0.6 is 0 Å². The molecule has 0 aromatic carbocycles. The van der Waals surface area contributed by atoms with Crippen molar-refractivity contribution in [1.82, 2.24) is 0 Å². The molecule has 0 saturated carbocycles. The van der Waals surface area contributed by atoms with E-state index in [-0.39, 0.29) is 0 Å². The minimum atomic E-state index is -1.26. The fourth-order valence-electron chi connectivity index (χ4n) is 0.143. The highest BCUT2D eigenvalue weighted by Crippen LogP contribution is 1.70. The molecule has 3 N–H and O–H groups in total. The van der Waals surface area contributed by atoms with Gasteiger partial charge in [0, 0.05) is 18.8 Å². The van der Waals surface area contributed by atoms with Gasteiger partial charge in [0.1, 0.15) is 0 Å². The van der Waals surface area contributed by atoms with E-state index < -0.39 is 11.9 Å². The predicted molar refractivity (Wildman–Crippen MR) is 41.8 cm³/mol. The molecule has 0 aromatic heterocycles. The molecule has 0 aliphatic heterocycles. The minimum absolute atomic E-state index is 0.319. The summed E-state index contributed by atoms with van der Waals surface area (Å²) in [5, 5.41) is 23.5. The number of carbonyl (C=O) groups is 2. The van der Waals surface area contributed by atoms with Crippen molar-refractivity contribution in [2.24, 2.45) is 0 Å². The van der Waals surface area contributed by atoms with Gasteiger partial charge in [0.2, 0.25) is 0 Å². The van der Waals surface area contributed by atoms with E-state index in [4.69, 9.17) is 15.3 Å². The van der Waals surface area contributed by atoms with Crippen molar-refractivity contribution < 1.29 is 24.9 Å². The number of carboxylic acid groups (broad SMARTS) is 2. The Balaban J connectivity index is 0. The van der Waals surface area contributed by atoms with Gasteiger partial charge in [-0.25, -0.2) is 9.59 Å². The third-order valence-electron chi connectivity index (χ3n) is 0.592. The summed E-state index contributed by atoms with van der Waals surface area (Å²) in [5.74, 6) is -2.51. The molecule has 0 saturated heterocycles. The number of aliphatic hydroxyl groups is 1. The normalized spacial score (nSPS) is 8.83. The van der Waals surface area contributed by atoms with Crippen molar-refractivity contribution in [3.63, 3.8) is 0 Å². The lowest BCUT2D eigenvalue weighted by Gasteiger charge is -1.74. The SMILES string of the molecule is CCCO.O=C(O)/C=C/C(=O)O. The summed E-state index contributed by atoms with van der Waals surface area (Å²) in [4.78, 5) is 19.1. The first-order valence-electron chi connectivity index (χ1n) is 3.29. The van der Waals surface area contributed by atoms with Gasteiger partial charge >= 0.3 is 11.9 Å². The fourth-order valence-corrected chi connectivity index (χ4v) is 0.143. The standard InChI is InChI=1S/C4H4O4.C3H8O/c5-3(6)1-2-4(7)8;1-2-3-4/h1-2H,(H,5,6)(H,7,8);4H,2-3H2,1H3/b2-1+;. The summed E-state index contributed by atoms with van der Waals surface area (Å²) < 4.78 is 0. The summed E-state index contributed by atoms with van der Waals surface area (Å²) in [6, 6.07) is 0. The molecule has 0 fully saturated rings. The van der Waals surface area contributed by atoms with E-state index in [0.717, 1.165) is 6.42 Å². The van der Waals surface area contributed by atoms with Crippen LogP contribution in [0, 0.1) is 0 Å². The number of rotatable bonds is 3. The lowest BCUT2D eigenvalue weighted by Crippen LogP contribution is -1.91. The van der Waals surface area contributed by atoms with Crippen molar-refractivity contribution in [3.8, 4) is 0 Å². The van der Waals surface area contributed by atoms with Crippen LogP contribution < -0.4 is 0 Å². The molecule has 0 amide bonds. The highest BCUT2D eigenvalue weighted by atomic mass is 16.4. The number of carboxylic acids is 2. The van der Waals surface area contributed by atoms with Gasteiger partial charge in [-0.05, 0) is 6.42 Å². The molecule has 5 heteroatoms. The van der Waals surface area contributed by atoms with Crippen molar-refractivity contribution in [3.05, 3.63) is 12.2 Å². The van der Waals surface area contributed by atoms with Gasteiger partial charge in [-0.3, -0.25) is 0 Å². The van der Waals surface area contributed by atoms with E-state index in [9.17, 15) is 9.59 Å². The quantitative estimate of drug-likeness (QED) is 0.530. The van der Waals surface area contributed by atoms with E-state index >= 15 is 0 Å². The predicted octanol–water partition coefficient (Wildman–Crippen LogP) is 0.100. The molecule has 12 heavy (non-hydrogen) atoms. The molecule has 0 bridgehead atoms. The Hall–Kier alpha value is -1.36. The number of hydrogen-bond acceptors (Lipinski definition) is 3. The Labute approximate surface area is 70.0 Å². The van der Waals surface area contributed by atoms with Crippen LogP contribution in [0.25, 0.3) is 0 Å². The molecule has 0 spiro atoms. The van der Waals surface area contributed by atoms with Crippen LogP contribution in [0.15, 0.2) is 12.2 Å². The monoisotopic (exact) mass is 176 g/mol. The summed E-state index contributed by atoms with van der Waals surface area (Å²) in [6.07, 6.45) is 1.99. The molecular formula is C7H12O5. The Morgan fingerprint density at radius 3 is 1.50 bits per heavy atom. The van der Waals surface area contributed by atoms with Gasteiger partial charge in [-0.1, -0.05) is 6.92 Å². The van der Waals surface area contributed by atoms with E-state index in [2.05, 4.69) is 0 Å². The van der Waals surface area contributed by atoms with Crippen LogP contribution in [0.2, 0.25) is 0 Å². The number of hydrogen-bond donors (Lipinski definition) is 3. The lowest BCUT2D eigenvalue weighted by atomic mass is 10.5. The molecule has 0 heterocycles. The van der Waals surface area contributed by atoms with E-state index in [0.29, 0.717) is 18.8 Å².